The second kappa shape index (κ2) is 8.09. The van der Waals surface area contributed by atoms with E-state index in [0.717, 1.165) is 54.1 Å². The van der Waals surface area contributed by atoms with Crippen molar-refractivity contribution in [2.75, 3.05) is 19.8 Å². The first kappa shape index (κ1) is 19.7. The average Bonchev–Trinajstić information content (AvgIpc) is 3.50. The lowest BCUT2D eigenvalue weighted by molar-refractivity contribution is 0.0693. The van der Waals surface area contributed by atoms with Gasteiger partial charge in [0.2, 0.25) is 5.76 Å². The first-order valence-electron chi connectivity index (χ1n) is 10.9. The molecular weight excluding hydrogens is 396 g/mol. The molecule has 1 saturated heterocycles. The normalized spacial score (nSPS) is 18.3. The van der Waals surface area contributed by atoms with Gasteiger partial charge in [0, 0.05) is 36.8 Å². The van der Waals surface area contributed by atoms with E-state index < -0.39 is 0 Å². The van der Waals surface area contributed by atoms with Gasteiger partial charge in [-0.15, -0.1) is 0 Å². The molecule has 162 valence electrons. The number of aryl methyl sites for hydroxylation is 1. The van der Waals surface area contributed by atoms with Crippen LogP contribution in [0, 0.1) is 6.92 Å². The maximum absolute atomic E-state index is 13.3. The van der Waals surface area contributed by atoms with Crippen molar-refractivity contribution in [2.24, 2.45) is 0 Å². The van der Waals surface area contributed by atoms with Crippen LogP contribution in [0.4, 0.5) is 0 Å². The molecular formula is C23H26N4O4. The number of rotatable bonds is 4. The molecule has 31 heavy (non-hydrogen) atoms. The van der Waals surface area contributed by atoms with E-state index in [0.29, 0.717) is 25.5 Å². The Kier molecular flexibility index (Phi) is 5.13. The van der Waals surface area contributed by atoms with Gasteiger partial charge in [-0.25, -0.2) is 0 Å². The van der Waals surface area contributed by atoms with Gasteiger partial charge >= 0.3 is 0 Å². The quantitative estimate of drug-likeness (QED) is 0.632. The summed E-state index contributed by atoms with van der Waals surface area (Å²) in [6, 6.07) is 7.67. The largest absolute Gasteiger partial charge is 0.490 e. The highest BCUT2D eigenvalue weighted by Crippen LogP contribution is 2.38. The number of ether oxygens (including phenoxy) is 2. The standard InChI is InChI=1S/C23H26N4O4/c1-3-27-15(2)17(14-24-27)18-13-22(31-25-18)23(28)26-9-4-6-19(26)16-7-8-20-21(12-16)30-11-5-10-29-20/h7-8,12-14,19H,3-6,9-11H2,1-2H3. The van der Waals surface area contributed by atoms with Crippen LogP contribution >= 0.6 is 0 Å². The molecule has 2 aliphatic rings. The van der Waals surface area contributed by atoms with Gasteiger partial charge in [-0.05, 0) is 44.4 Å². The third-order valence-electron chi connectivity index (χ3n) is 6.07. The number of hydrogen-bond donors (Lipinski definition) is 0. The van der Waals surface area contributed by atoms with Crippen molar-refractivity contribution >= 4 is 5.91 Å². The van der Waals surface area contributed by atoms with Crippen molar-refractivity contribution in [3.8, 4) is 22.8 Å². The smallest absolute Gasteiger partial charge is 0.292 e. The SMILES string of the molecule is CCn1ncc(-c2cc(C(=O)N3CCCC3c3ccc4c(c3)OCCCO4)on2)c1C. The van der Waals surface area contributed by atoms with Gasteiger partial charge in [0.25, 0.3) is 5.91 Å². The summed E-state index contributed by atoms with van der Waals surface area (Å²) in [5.41, 5.74) is 3.56. The van der Waals surface area contributed by atoms with E-state index in [-0.39, 0.29) is 17.7 Å². The number of amides is 1. The van der Waals surface area contributed by atoms with E-state index in [9.17, 15) is 4.79 Å². The van der Waals surface area contributed by atoms with Gasteiger partial charge in [-0.2, -0.15) is 5.10 Å². The predicted octanol–water partition coefficient (Wildman–Crippen LogP) is 4.01. The van der Waals surface area contributed by atoms with Crippen LogP contribution in [0.25, 0.3) is 11.3 Å². The number of fused-ring (bicyclic) bond motifs is 1. The highest BCUT2D eigenvalue weighted by molar-refractivity contribution is 5.93. The van der Waals surface area contributed by atoms with E-state index in [1.54, 1.807) is 12.3 Å². The van der Waals surface area contributed by atoms with Crippen LogP contribution in [0.3, 0.4) is 0 Å². The molecule has 4 heterocycles. The molecule has 0 spiro atoms. The molecule has 1 fully saturated rings. The Hall–Kier alpha value is -3.29. The Morgan fingerprint density at radius 3 is 2.81 bits per heavy atom. The average molecular weight is 422 g/mol. The number of carbonyl (C=O) groups excluding carboxylic acids is 1. The molecule has 0 aliphatic carbocycles. The van der Waals surface area contributed by atoms with Crippen molar-refractivity contribution in [1.82, 2.24) is 19.8 Å². The first-order chi connectivity index (χ1) is 15.2. The summed E-state index contributed by atoms with van der Waals surface area (Å²) in [6.07, 6.45) is 4.47. The van der Waals surface area contributed by atoms with Gasteiger partial charge < -0.3 is 18.9 Å². The number of carbonyl (C=O) groups is 1. The molecule has 5 rings (SSSR count). The molecule has 2 aromatic heterocycles. The molecule has 0 bridgehead atoms. The zero-order valence-electron chi connectivity index (χ0n) is 17.8. The van der Waals surface area contributed by atoms with Crippen molar-refractivity contribution in [2.45, 2.75) is 45.7 Å². The third kappa shape index (κ3) is 3.56. The summed E-state index contributed by atoms with van der Waals surface area (Å²) in [6.45, 7) is 6.78. The lowest BCUT2D eigenvalue weighted by Crippen LogP contribution is -2.30. The van der Waals surface area contributed by atoms with Crippen LogP contribution in [0.15, 0.2) is 35.0 Å². The fourth-order valence-corrected chi connectivity index (χ4v) is 4.40. The topological polar surface area (TPSA) is 82.6 Å². The summed E-state index contributed by atoms with van der Waals surface area (Å²) in [5, 5.41) is 8.49. The minimum Gasteiger partial charge on any atom is -0.490 e. The van der Waals surface area contributed by atoms with E-state index in [2.05, 4.69) is 10.3 Å². The number of aromatic nitrogens is 3. The van der Waals surface area contributed by atoms with Gasteiger partial charge in [0.05, 0.1) is 25.5 Å². The molecule has 0 radical (unpaired) electrons. The monoisotopic (exact) mass is 422 g/mol. The highest BCUT2D eigenvalue weighted by atomic mass is 16.5. The van der Waals surface area contributed by atoms with Crippen molar-refractivity contribution in [3.05, 3.63) is 47.5 Å². The van der Waals surface area contributed by atoms with Crippen molar-refractivity contribution in [3.63, 3.8) is 0 Å². The summed E-state index contributed by atoms with van der Waals surface area (Å²) in [7, 11) is 0. The second-order valence-corrected chi connectivity index (χ2v) is 7.95. The van der Waals surface area contributed by atoms with E-state index in [1.807, 2.05) is 41.6 Å². The molecule has 3 aromatic rings. The molecule has 1 aromatic carbocycles. The molecule has 1 amide bonds. The number of nitrogens with zero attached hydrogens (tertiary/aromatic N) is 4. The third-order valence-corrected chi connectivity index (χ3v) is 6.07. The van der Waals surface area contributed by atoms with Crippen LogP contribution in [0.1, 0.15) is 54.0 Å². The zero-order chi connectivity index (χ0) is 21.4. The summed E-state index contributed by atoms with van der Waals surface area (Å²) >= 11 is 0. The summed E-state index contributed by atoms with van der Waals surface area (Å²) in [5.74, 6) is 1.62. The number of hydrogen-bond acceptors (Lipinski definition) is 6. The van der Waals surface area contributed by atoms with Crippen LogP contribution < -0.4 is 9.47 Å². The maximum Gasteiger partial charge on any atom is 0.292 e. The second-order valence-electron chi connectivity index (χ2n) is 7.95. The summed E-state index contributed by atoms with van der Waals surface area (Å²) < 4.78 is 18.9. The molecule has 0 N–H and O–H groups in total. The maximum atomic E-state index is 13.3. The van der Waals surface area contributed by atoms with E-state index >= 15 is 0 Å². The Morgan fingerprint density at radius 2 is 2.00 bits per heavy atom. The Labute approximate surface area is 180 Å². The molecule has 1 atom stereocenters. The molecule has 0 saturated carbocycles. The lowest BCUT2D eigenvalue weighted by atomic mass is 10.0. The van der Waals surface area contributed by atoms with Crippen LogP contribution in [-0.4, -0.2) is 45.5 Å². The van der Waals surface area contributed by atoms with Crippen molar-refractivity contribution < 1.29 is 18.8 Å². The molecule has 1 unspecified atom stereocenters. The Morgan fingerprint density at radius 1 is 1.16 bits per heavy atom. The fourth-order valence-electron chi connectivity index (χ4n) is 4.40. The van der Waals surface area contributed by atoms with Gasteiger partial charge in [-0.1, -0.05) is 11.2 Å². The van der Waals surface area contributed by atoms with E-state index in [1.165, 1.54) is 0 Å². The fraction of sp³-hybridized carbons (Fsp3) is 0.435. The Bertz CT molecular complexity index is 1100. The zero-order valence-corrected chi connectivity index (χ0v) is 17.8. The van der Waals surface area contributed by atoms with Gasteiger partial charge in [-0.3, -0.25) is 9.48 Å². The van der Waals surface area contributed by atoms with Crippen LogP contribution in [-0.2, 0) is 6.54 Å². The Balaban J connectivity index is 1.39. The van der Waals surface area contributed by atoms with Gasteiger partial charge in [0.15, 0.2) is 11.5 Å². The first-order valence-corrected chi connectivity index (χ1v) is 10.9. The summed E-state index contributed by atoms with van der Waals surface area (Å²) in [4.78, 5) is 15.1. The van der Waals surface area contributed by atoms with Crippen LogP contribution in [0.2, 0.25) is 0 Å². The minimum atomic E-state index is -0.145. The van der Waals surface area contributed by atoms with Gasteiger partial charge in [0.1, 0.15) is 5.69 Å². The molecule has 8 nitrogen and oxygen atoms in total. The number of benzene rings is 1. The van der Waals surface area contributed by atoms with Crippen LogP contribution in [0.5, 0.6) is 11.5 Å². The molecule has 2 aliphatic heterocycles. The number of likely N-dealkylation sites (tertiary alicyclic amines) is 1. The van der Waals surface area contributed by atoms with Crippen molar-refractivity contribution in [1.29, 1.82) is 0 Å². The highest BCUT2D eigenvalue weighted by Gasteiger charge is 2.33. The minimum absolute atomic E-state index is 0.0252. The van der Waals surface area contributed by atoms with E-state index in [4.69, 9.17) is 14.0 Å². The predicted molar refractivity (Wildman–Crippen MR) is 113 cm³/mol. The molecule has 8 heteroatoms. The lowest BCUT2D eigenvalue weighted by Gasteiger charge is -2.24.